The van der Waals surface area contributed by atoms with Crippen molar-refractivity contribution in [3.8, 4) is 0 Å². The van der Waals surface area contributed by atoms with Crippen molar-refractivity contribution in [2.24, 2.45) is 5.73 Å². The van der Waals surface area contributed by atoms with Crippen molar-refractivity contribution in [3.05, 3.63) is 42.0 Å². The molecule has 0 saturated carbocycles. The highest BCUT2D eigenvalue weighted by atomic mass is 16.5. The lowest BCUT2D eigenvalue weighted by atomic mass is 10.2. The second-order valence-electron chi connectivity index (χ2n) is 3.23. The van der Waals surface area contributed by atoms with E-state index in [1.54, 1.807) is 13.0 Å². The van der Waals surface area contributed by atoms with Gasteiger partial charge in [0, 0.05) is 0 Å². The van der Waals surface area contributed by atoms with E-state index in [-0.39, 0.29) is 12.6 Å². The Bertz CT molecular complexity index is 331. The number of rotatable bonds is 4. The smallest absolute Gasteiger partial charge is 0.322 e. The van der Waals surface area contributed by atoms with Crippen molar-refractivity contribution >= 4 is 12.0 Å². The Morgan fingerprint density at radius 2 is 2.13 bits per heavy atom. The van der Waals surface area contributed by atoms with Crippen molar-refractivity contribution in [3.63, 3.8) is 0 Å². The molecule has 2 N–H and O–H groups in total. The van der Waals surface area contributed by atoms with Crippen LogP contribution in [0.1, 0.15) is 12.5 Å². The number of carbonyl (C=O) groups is 1. The van der Waals surface area contributed by atoms with Gasteiger partial charge < -0.3 is 10.5 Å². The fourth-order valence-electron chi connectivity index (χ4n) is 1.01. The molecule has 3 nitrogen and oxygen atoms in total. The predicted octanol–water partition coefficient (Wildman–Crippen LogP) is 1.59. The molecular formula is C12H15NO2. The summed E-state index contributed by atoms with van der Waals surface area (Å²) in [7, 11) is 0. The van der Waals surface area contributed by atoms with Gasteiger partial charge in [-0.2, -0.15) is 0 Å². The molecule has 0 aliphatic carbocycles. The van der Waals surface area contributed by atoms with Gasteiger partial charge in [-0.05, 0) is 18.6 Å². The van der Waals surface area contributed by atoms with Gasteiger partial charge in [-0.15, -0.1) is 0 Å². The third-order valence-corrected chi connectivity index (χ3v) is 1.80. The summed E-state index contributed by atoms with van der Waals surface area (Å²) in [6, 6.07) is 9.25. The lowest BCUT2D eigenvalue weighted by Gasteiger charge is -2.03. The molecule has 0 aliphatic rings. The van der Waals surface area contributed by atoms with Crippen LogP contribution in [-0.2, 0) is 9.53 Å². The van der Waals surface area contributed by atoms with Crippen molar-refractivity contribution in [1.82, 2.24) is 0 Å². The van der Waals surface area contributed by atoms with Gasteiger partial charge in [0.2, 0.25) is 0 Å². The molecule has 0 saturated heterocycles. The van der Waals surface area contributed by atoms with E-state index in [1.807, 2.05) is 36.4 Å². The summed E-state index contributed by atoms with van der Waals surface area (Å²) in [4.78, 5) is 11.0. The lowest BCUT2D eigenvalue weighted by molar-refractivity contribution is -0.143. The monoisotopic (exact) mass is 205 g/mol. The number of esters is 1. The van der Waals surface area contributed by atoms with E-state index in [4.69, 9.17) is 10.5 Å². The number of benzene rings is 1. The molecule has 0 spiro atoms. The molecule has 0 aliphatic heterocycles. The van der Waals surface area contributed by atoms with Crippen molar-refractivity contribution < 1.29 is 9.53 Å². The maximum Gasteiger partial charge on any atom is 0.322 e. The number of ether oxygens (including phenoxy) is 1. The number of nitrogens with two attached hydrogens (primary N) is 1. The molecule has 1 atom stereocenters. The largest absolute Gasteiger partial charge is 0.460 e. The maximum absolute atomic E-state index is 11.0. The van der Waals surface area contributed by atoms with E-state index >= 15 is 0 Å². The Labute approximate surface area is 89.5 Å². The second kappa shape index (κ2) is 5.98. The van der Waals surface area contributed by atoms with Crippen LogP contribution >= 0.6 is 0 Å². The molecular weight excluding hydrogens is 190 g/mol. The van der Waals surface area contributed by atoms with Crippen LogP contribution in [0.15, 0.2) is 36.4 Å². The van der Waals surface area contributed by atoms with Crippen LogP contribution in [0.4, 0.5) is 0 Å². The Kier molecular flexibility index (Phi) is 4.57. The molecule has 1 rings (SSSR count). The molecule has 0 amide bonds. The molecule has 0 heterocycles. The van der Waals surface area contributed by atoms with Crippen LogP contribution in [0, 0.1) is 0 Å². The minimum atomic E-state index is -0.560. The highest BCUT2D eigenvalue weighted by Crippen LogP contribution is 2.00. The van der Waals surface area contributed by atoms with Crippen LogP contribution in [0.2, 0.25) is 0 Å². The van der Waals surface area contributed by atoms with E-state index < -0.39 is 6.04 Å². The van der Waals surface area contributed by atoms with E-state index in [1.165, 1.54) is 0 Å². The fourth-order valence-corrected chi connectivity index (χ4v) is 1.01. The molecule has 3 heteroatoms. The first-order chi connectivity index (χ1) is 7.20. The molecule has 1 aromatic rings. The fraction of sp³-hybridized carbons (Fsp3) is 0.250. The first-order valence-corrected chi connectivity index (χ1v) is 4.84. The molecule has 0 fully saturated rings. The SMILES string of the molecule is CC(N)C(=O)OC/C=C/c1ccccc1. The van der Waals surface area contributed by atoms with E-state index in [2.05, 4.69) is 0 Å². The molecule has 80 valence electrons. The molecule has 0 aromatic heterocycles. The summed E-state index contributed by atoms with van der Waals surface area (Å²) in [5.41, 5.74) is 6.41. The Balaban J connectivity index is 2.32. The first kappa shape index (κ1) is 11.5. The average Bonchev–Trinajstić information content (AvgIpc) is 2.25. The van der Waals surface area contributed by atoms with Gasteiger partial charge >= 0.3 is 5.97 Å². The summed E-state index contributed by atoms with van der Waals surface area (Å²) >= 11 is 0. The van der Waals surface area contributed by atoms with Crippen molar-refractivity contribution in [2.75, 3.05) is 6.61 Å². The molecule has 1 unspecified atom stereocenters. The lowest BCUT2D eigenvalue weighted by Crippen LogP contribution is -2.28. The van der Waals surface area contributed by atoms with Gasteiger partial charge in [-0.3, -0.25) is 4.79 Å². The van der Waals surface area contributed by atoms with Gasteiger partial charge in [0.05, 0.1) is 0 Å². The third-order valence-electron chi connectivity index (χ3n) is 1.80. The van der Waals surface area contributed by atoms with Gasteiger partial charge in [0.25, 0.3) is 0 Å². The van der Waals surface area contributed by atoms with E-state index in [0.29, 0.717) is 0 Å². The van der Waals surface area contributed by atoms with Gasteiger partial charge in [-0.25, -0.2) is 0 Å². The Hall–Kier alpha value is -1.61. The maximum atomic E-state index is 11.0. The average molecular weight is 205 g/mol. The predicted molar refractivity (Wildman–Crippen MR) is 60.1 cm³/mol. The van der Waals surface area contributed by atoms with Crippen LogP contribution in [0.25, 0.3) is 6.08 Å². The Morgan fingerprint density at radius 3 is 2.73 bits per heavy atom. The van der Waals surface area contributed by atoms with Crippen molar-refractivity contribution in [2.45, 2.75) is 13.0 Å². The van der Waals surface area contributed by atoms with Crippen LogP contribution in [0.5, 0.6) is 0 Å². The normalized spacial score (nSPS) is 12.7. The van der Waals surface area contributed by atoms with E-state index in [9.17, 15) is 4.79 Å². The highest BCUT2D eigenvalue weighted by molar-refractivity contribution is 5.75. The molecule has 1 aromatic carbocycles. The van der Waals surface area contributed by atoms with Gasteiger partial charge in [0.1, 0.15) is 12.6 Å². The number of hydrogen-bond acceptors (Lipinski definition) is 3. The van der Waals surface area contributed by atoms with Gasteiger partial charge in [-0.1, -0.05) is 36.4 Å². The topological polar surface area (TPSA) is 52.3 Å². The second-order valence-corrected chi connectivity index (χ2v) is 3.23. The number of carbonyl (C=O) groups excluding carboxylic acids is 1. The van der Waals surface area contributed by atoms with Crippen LogP contribution in [0.3, 0.4) is 0 Å². The minimum Gasteiger partial charge on any atom is -0.460 e. The summed E-state index contributed by atoms with van der Waals surface area (Å²) in [5.74, 6) is -0.382. The first-order valence-electron chi connectivity index (χ1n) is 4.84. The van der Waals surface area contributed by atoms with Crippen molar-refractivity contribution in [1.29, 1.82) is 0 Å². The minimum absolute atomic E-state index is 0.259. The Morgan fingerprint density at radius 1 is 1.47 bits per heavy atom. The van der Waals surface area contributed by atoms with Crippen LogP contribution < -0.4 is 5.73 Å². The molecule has 15 heavy (non-hydrogen) atoms. The van der Waals surface area contributed by atoms with Gasteiger partial charge in [0.15, 0.2) is 0 Å². The zero-order valence-corrected chi connectivity index (χ0v) is 8.72. The standard InChI is InChI=1S/C12H15NO2/c1-10(13)12(14)15-9-5-8-11-6-3-2-4-7-11/h2-8,10H,9,13H2,1H3/b8-5+. The zero-order valence-electron chi connectivity index (χ0n) is 8.72. The third kappa shape index (κ3) is 4.42. The number of hydrogen-bond donors (Lipinski definition) is 1. The molecule has 0 radical (unpaired) electrons. The quantitative estimate of drug-likeness (QED) is 0.759. The molecule has 0 bridgehead atoms. The zero-order chi connectivity index (χ0) is 11.1. The van der Waals surface area contributed by atoms with E-state index in [0.717, 1.165) is 5.56 Å². The summed E-state index contributed by atoms with van der Waals surface area (Å²) < 4.78 is 4.87. The summed E-state index contributed by atoms with van der Waals surface area (Å²) in [6.07, 6.45) is 3.68. The summed E-state index contributed by atoms with van der Waals surface area (Å²) in [5, 5.41) is 0. The summed E-state index contributed by atoms with van der Waals surface area (Å²) in [6.45, 7) is 1.86. The van der Waals surface area contributed by atoms with Crippen LogP contribution in [-0.4, -0.2) is 18.6 Å². The highest BCUT2D eigenvalue weighted by Gasteiger charge is 2.06.